The minimum atomic E-state index is 0.716. The van der Waals surface area contributed by atoms with E-state index in [0.29, 0.717) is 5.03 Å². The zero-order valence-corrected chi connectivity index (χ0v) is 6.68. The summed E-state index contributed by atoms with van der Waals surface area (Å²) in [5.74, 6) is 0. The van der Waals surface area contributed by atoms with E-state index in [-0.39, 0.29) is 0 Å². The second-order valence-corrected chi connectivity index (χ2v) is 2.71. The summed E-state index contributed by atoms with van der Waals surface area (Å²) in [5, 5.41) is 1.50. The van der Waals surface area contributed by atoms with E-state index in [0.717, 1.165) is 17.9 Å². The summed E-state index contributed by atoms with van der Waals surface area (Å²) < 4.78 is 0. The fourth-order valence-electron chi connectivity index (χ4n) is 0.392. The van der Waals surface area contributed by atoms with Crippen molar-refractivity contribution in [3.8, 4) is 0 Å². The highest BCUT2D eigenvalue weighted by molar-refractivity contribution is 6.38. The standard InChI is InChI=1S/C6H10Cl2/c1-3-4-6(8)5(2)7/h3-4H2,1-2H3/b6-5+. The average Bonchev–Trinajstić information content (AvgIpc) is 1.67. The van der Waals surface area contributed by atoms with Crippen LogP contribution in [0.1, 0.15) is 26.7 Å². The minimum Gasteiger partial charge on any atom is -0.0882 e. The van der Waals surface area contributed by atoms with Crippen LogP contribution in [0.15, 0.2) is 10.1 Å². The molecule has 8 heavy (non-hydrogen) atoms. The van der Waals surface area contributed by atoms with Gasteiger partial charge in [-0.1, -0.05) is 36.5 Å². The van der Waals surface area contributed by atoms with E-state index in [9.17, 15) is 0 Å². The molecule has 0 bridgehead atoms. The summed E-state index contributed by atoms with van der Waals surface area (Å²) in [6, 6.07) is 0. The van der Waals surface area contributed by atoms with Crippen molar-refractivity contribution in [2.45, 2.75) is 26.7 Å². The Morgan fingerprint density at radius 3 is 2.00 bits per heavy atom. The largest absolute Gasteiger partial charge is 0.0882 e. The maximum Gasteiger partial charge on any atom is 0.0322 e. The minimum absolute atomic E-state index is 0.716. The molecule has 0 atom stereocenters. The quantitative estimate of drug-likeness (QED) is 0.569. The topological polar surface area (TPSA) is 0 Å². The van der Waals surface area contributed by atoms with Crippen molar-refractivity contribution in [2.75, 3.05) is 0 Å². The van der Waals surface area contributed by atoms with E-state index in [4.69, 9.17) is 23.2 Å². The maximum absolute atomic E-state index is 5.66. The Bertz CT molecular complexity index is 90.7. The molecule has 0 aliphatic heterocycles. The van der Waals surface area contributed by atoms with Crippen molar-refractivity contribution in [3.63, 3.8) is 0 Å². The molecule has 0 saturated carbocycles. The Balaban J connectivity index is 3.62. The highest BCUT2D eigenvalue weighted by Gasteiger charge is 1.92. The zero-order chi connectivity index (χ0) is 6.57. The second kappa shape index (κ2) is 4.22. The first-order valence-corrected chi connectivity index (χ1v) is 3.44. The number of allylic oxidation sites excluding steroid dienone is 2. The summed E-state index contributed by atoms with van der Waals surface area (Å²) in [6.07, 6.45) is 1.96. The van der Waals surface area contributed by atoms with Gasteiger partial charge in [-0.05, 0) is 13.3 Å². The van der Waals surface area contributed by atoms with E-state index >= 15 is 0 Å². The monoisotopic (exact) mass is 152 g/mol. The van der Waals surface area contributed by atoms with Gasteiger partial charge in [0.25, 0.3) is 0 Å². The number of hydrogen-bond acceptors (Lipinski definition) is 0. The van der Waals surface area contributed by atoms with Gasteiger partial charge in [-0.2, -0.15) is 0 Å². The van der Waals surface area contributed by atoms with Crippen molar-refractivity contribution in [1.29, 1.82) is 0 Å². The Kier molecular flexibility index (Phi) is 4.39. The normalized spacial score (nSPS) is 13.5. The van der Waals surface area contributed by atoms with E-state index in [1.165, 1.54) is 0 Å². The molecule has 2 heteroatoms. The van der Waals surface area contributed by atoms with E-state index in [2.05, 4.69) is 6.92 Å². The molecule has 0 N–H and O–H groups in total. The van der Waals surface area contributed by atoms with Gasteiger partial charge >= 0.3 is 0 Å². The molecule has 0 saturated heterocycles. The molecule has 0 spiro atoms. The SMILES string of the molecule is CCC/C(Cl)=C(/C)Cl. The predicted octanol–water partition coefficient (Wildman–Crippen LogP) is 3.50. The summed E-state index contributed by atoms with van der Waals surface area (Å²) >= 11 is 11.2. The van der Waals surface area contributed by atoms with Gasteiger partial charge in [0.1, 0.15) is 0 Å². The molecule has 0 fully saturated rings. The molecule has 0 heterocycles. The second-order valence-electron chi connectivity index (χ2n) is 1.69. The predicted molar refractivity (Wildman–Crippen MR) is 39.3 cm³/mol. The van der Waals surface area contributed by atoms with Gasteiger partial charge in [0, 0.05) is 10.1 Å². The van der Waals surface area contributed by atoms with Crippen LogP contribution in [0.5, 0.6) is 0 Å². The molecule has 0 radical (unpaired) electrons. The average molecular weight is 153 g/mol. The third kappa shape index (κ3) is 3.34. The van der Waals surface area contributed by atoms with Gasteiger partial charge in [-0.15, -0.1) is 0 Å². The first-order valence-electron chi connectivity index (χ1n) is 2.69. The Labute approximate surface area is 60.5 Å². The van der Waals surface area contributed by atoms with E-state index < -0.39 is 0 Å². The smallest absolute Gasteiger partial charge is 0.0322 e. The highest BCUT2D eigenvalue weighted by Crippen LogP contribution is 2.17. The summed E-state index contributed by atoms with van der Waals surface area (Å²) in [6.45, 7) is 3.88. The van der Waals surface area contributed by atoms with Crippen molar-refractivity contribution >= 4 is 23.2 Å². The van der Waals surface area contributed by atoms with Crippen LogP contribution >= 0.6 is 23.2 Å². The van der Waals surface area contributed by atoms with E-state index in [1.807, 2.05) is 0 Å². The lowest BCUT2D eigenvalue weighted by atomic mass is 10.3. The lowest BCUT2D eigenvalue weighted by Gasteiger charge is -1.93. The van der Waals surface area contributed by atoms with Gasteiger partial charge in [0.2, 0.25) is 0 Å². The van der Waals surface area contributed by atoms with Gasteiger partial charge in [0.05, 0.1) is 0 Å². The molecule has 0 nitrogen and oxygen atoms in total. The van der Waals surface area contributed by atoms with Crippen molar-refractivity contribution in [3.05, 3.63) is 10.1 Å². The Morgan fingerprint density at radius 1 is 1.38 bits per heavy atom. The number of halogens is 2. The molecule has 0 aromatic carbocycles. The van der Waals surface area contributed by atoms with Crippen LogP contribution in [0.4, 0.5) is 0 Å². The third-order valence-electron chi connectivity index (χ3n) is 0.843. The van der Waals surface area contributed by atoms with Crippen LogP contribution in [-0.4, -0.2) is 0 Å². The van der Waals surface area contributed by atoms with Crippen LogP contribution in [0.2, 0.25) is 0 Å². The lowest BCUT2D eigenvalue weighted by molar-refractivity contribution is 0.940. The Hall–Kier alpha value is 0.320. The number of hydrogen-bond donors (Lipinski definition) is 0. The van der Waals surface area contributed by atoms with Crippen LogP contribution < -0.4 is 0 Å². The molecular formula is C6H10Cl2. The van der Waals surface area contributed by atoms with Crippen LogP contribution in [0.3, 0.4) is 0 Å². The molecule has 0 amide bonds. The van der Waals surface area contributed by atoms with Gasteiger partial charge in [-0.25, -0.2) is 0 Å². The number of rotatable bonds is 2. The lowest BCUT2D eigenvalue weighted by Crippen LogP contribution is -1.71. The molecule has 48 valence electrons. The summed E-state index contributed by atoms with van der Waals surface area (Å²) in [5.41, 5.74) is 0. The third-order valence-corrected chi connectivity index (χ3v) is 1.64. The fourth-order valence-corrected chi connectivity index (χ4v) is 0.675. The van der Waals surface area contributed by atoms with E-state index in [1.54, 1.807) is 6.92 Å². The Morgan fingerprint density at radius 2 is 1.88 bits per heavy atom. The van der Waals surface area contributed by atoms with Crippen molar-refractivity contribution in [2.24, 2.45) is 0 Å². The molecule has 0 rings (SSSR count). The molecule has 0 aromatic rings. The van der Waals surface area contributed by atoms with Crippen molar-refractivity contribution < 1.29 is 0 Å². The highest BCUT2D eigenvalue weighted by atomic mass is 35.5. The molecule has 0 aromatic heterocycles. The van der Waals surface area contributed by atoms with Crippen LogP contribution in [0.25, 0.3) is 0 Å². The summed E-state index contributed by atoms with van der Waals surface area (Å²) in [7, 11) is 0. The van der Waals surface area contributed by atoms with Gasteiger partial charge < -0.3 is 0 Å². The van der Waals surface area contributed by atoms with Crippen LogP contribution in [-0.2, 0) is 0 Å². The molecule has 0 aliphatic carbocycles. The molecular weight excluding hydrogens is 143 g/mol. The van der Waals surface area contributed by atoms with Crippen LogP contribution in [0, 0.1) is 0 Å². The first kappa shape index (κ1) is 8.32. The molecule has 0 aliphatic rings. The maximum atomic E-state index is 5.66. The first-order chi connectivity index (χ1) is 3.68. The summed E-state index contributed by atoms with van der Waals surface area (Å²) in [4.78, 5) is 0. The zero-order valence-electron chi connectivity index (χ0n) is 5.17. The fraction of sp³-hybridized carbons (Fsp3) is 0.667. The van der Waals surface area contributed by atoms with Gasteiger partial charge in [0.15, 0.2) is 0 Å². The molecule has 0 unspecified atom stereocenters. The van der Waals surface area contributed by atoms with Gasteiger partial charge in [-0.3, -0.25) is 0 Å². The van der Waals surface area contributed by atoms with Crippen molar-refractivity contribution in [1.82, 2.24) is 0 Å².